The number of hydrogen-bond acceptors (Lipinski definition) is 3. The van der Waals surface area contributed by atoms with Crippen LogP contribution in [0.1, 0.15) is 15.9 Å². The number of H-pyrrole nitrogens is 1. The van der Waals surface area contributed by atoms with Crippen LogP contribution in [0.15, 0.2) is 72.2 Å². The molecule has 2 aromatic carbocycles. The monoisotopic (exact) mass is 314 g/mol. The molecule has 2 heterocycles. The second-order valence-corrected chi connectivity index (χ2v) is 5.39. The van der Waals surface area contributed by atoms with Gasteiger partial charge in [0.05, 0.1) is 11.7 Å². The Morgan fingerprint density at radius 2 is 1.88 bits per heavy atom. The number of pyridine rings is 1. The van der Waals surface area contributed by atoms with Crippen LogP contribution in [-0.4, -0.2) is 22.1 Å². The predicted molar refractivity (Wildman–Crippen MR) is 95.1 cm³/mol. The summed E-state index contributed by atoms with van der Waals surface area (Å²) in [5.74, 6) is -0.265. The van der Waals surface area contributed by atoms with Crippen molar-refractivity contribution in [3.05, 3.63) is 78.2 Å². The lowest BCUT2D eigenvalue weighted by Gasteiger charge is -2.00. The van der Waals surface area contributed by atoms with E-state index in [-0.39, 0.29) is 5.91 Å². The van der Waals surface area contributed by atoms with Gasteiger partial charge in [0, 0.05) is 40.5 Å². The van der Waals surface area contributed by atoms with Crippen LogP contribution < -0.4 is 5.43 Å². The number of fused-ring (bicyclic) bond motifs is 3. The number of hydrogen-bond donors (Lipinski definition) is 2. The first-order valence-corrected chi connectivity index (χ1v) is 7.55. The Morgan fingerprint density at radius 3 is 2.75 bits per heavy atom. The third kappa shape index (κ3) is 2.52. The molecule has 0 radical (unpaired) electrons. The molecule has 0 aliphatic heterocycles. The van der Waals surface area contributed by atoms with Gasteiger partial charge in [0.2, 0.25) is 0 Å². The number of rotatable bonds is 3. The number of benzene rings is 2. The minimum Gasteiger partial charge on any atom is -0.360 e. The molecule has 5 heteroatoms. The van der Waals surface area contributed by atoms with Crippen molar-refractivity contribution in [1.29, 1.82) is 0 Å². The number of aromatic amines is 1. The first-order valence-electron chi connectivity index (χ1n) is 7.55. The van der Waals surface area contributed by atoms with E-state index in [1.807, 2.05) is 18.3 Å². The third-order valence-corrected chi connectivity index (χ3v) is 3.92. The van der Waals surface area contributed by atoms with Crippen LogP contribution in [0.3, 0.4) is 0 Å². The van der Waals surface area contributed by atoms with Gasteiger partial charge in [0.15, 0.2) is 0 Å². The van der Waals surface area contributed by atoms with Gasteiger partial charge in [-0.2, -0.15) is 5.10 Å². The molecule has 24 heavy (non-hydrogen) atoms. The van der Waals surface area contributed by atoms with Crippen molar-refractivity contribution in [1.82, 2.24) is 15.4 Å². The molecule has 5 nitrogen and oxygen atoms in total. The van der Waals surface area contributed by atoms with Gasteiger partial charge in [0.25, 0.3) is 5.91 Å². The van der Waals surface area contributed by atoms with Gasteiger partial charge < -0.3 is 4.98 Å². The highest BCUT2D eigenvalue weighted by Gasteiger charge is 2.06. The van der Waals surface area contributed by atoms with Gasteiger partial charge in [-0.15, -0.1) is 0 Å². The third-order valence-electron chi connectivity index (χ3n) is 3.92. The van der Waals surface area contributed by atoms with Crippen molar-refractivity contribution in [2.24, 2.45) is 5.10 Å². The molecule has 0 atom stereocenters. The van der Waals surface area contributed by atoms with Gasteiger partial charge in [-0.1, -0.05) is 36.4 Å². The lowest BCUT2D eigenvalue weighted by atomic mass is 10.1. The maximum Gasteiger partial charge on any atom is 0.271 e. The van der Waals surface area contributed by atoms with Crippen molar-refractivity contribution in [2.75, 3.05) is 0 Å². The number of amides is 1. The summed E-state index contributed by atoms with van der Waals surface area (Å²) < 4.78 is 0. The van der Waals surface area contributed by atoms with Crippen LogP contribution in [0.4, 0.5) is 0 Å². The number of nitrogens with one attached hydrogen (secondary N) is 2. The van der Waals surface area contributed by atoms with Gasteiger partial charge in [-0.3, -0.25) is 9.78 Å². The molecular weight excluding hydrogens is 300 g/mol. The number of carbonyl (C=O) groups is 1. The zero-order chi connectivity index (χ0) is 16.4. The molecule has 4 aromatic rings. The average Bonchev–Trinajstić information content (AvgIpc) is 3.06. The van der Waals surface area contributed by atoms with Crippen molar-refractivity contribution >= 4 is 33.8 Å². The summed E-state index contributed by atoms with van der Waals surface area (Å²) in [6, 6.07) is 15.6. The minimum atomic E-state index is -0.265. The Kier molecular flexibility index (Phi) is 3.51. The fourth-order valence-corrected chi connectivity index (χ4v) is 2.73. The first kappa shape index (κ1) is 14.1. The van der Waals surface area contributed by atoms with Crippen LogP contribution >= 0.6 is 0 Å². The second kappa shape index (κ2) is 5.96. The molecule has 0 saturated heterocycles. The molecule has 0 unspecified atom stereocenters. The summed E-state index contributed by atoms with van der Waals surface area (Å²) in [6.07, 6.45) is 6.68. The van der Waals surface area contributed by atoms with Gasteiger partial charge in [-0.05, 0) is 17.5 Å². The van der Waals surface area contributed by atoms with E-state index >= 15 is 0 Å². The lowest BCUT2D eigenvalue weighted by molar-refractivity contribution is 0.0955. The molecule has 0 aliphatic rings. The van der Waals surface area contributed by atoms with Crippen LogP contribution in [0.25, 0.3) is 21.7 Å². The molecule has 0 saturated carbocycles. The van der Waals surface area contributed by atoms with Crippen molar-refractivity contribution in [2.45, 2.75) is 0 Å². The van der Waals surface area contributed by atoms with Gasteiger partial charge in [0.1, 0.15) is 0 Å². The van der Waals surface area contributed by atoms with E-state index in [1.54, 1.807) is 30.7 Å². The fourth-order valence-electron chi connectivity index (χ4n) is 2.73. The van der Waals surface area contributed by atoms with Crippen molar-refractivity contribution in [3.8, 4) is 0 Å². The van der Waals surface area contributed by atoms with E-state index < -0.39 is 0 Å². The van der Waals surface area contributed by atoms with Gasteiger partial charge in [-0.25, -0.2) is 5.43 Å². The van der Waals surface area contributed by atoms with Crippen LogP contribution in [-0.2, 0) is 0 Å². The Balaban J connectivity index is 1.61. The quantitative estimate of drug-likeness (QED) is 0.449. The predicted octanol–water partition coefficient (Wildman–Crippen LogP) is 3.48. The fraction of sp³-hybridized carbons (Fsp3) is 0. The Bertz CT molecular complexity index is 1050. The maximum atomic E-state index is 12.0. The molecule has 116 valence electrons. The highest BCUT2D eigenvalue weighted by molar-refractivity contribution is 6.11. The average molecular weight is 314 g/mol. The summed E-state index contributed by atoms with van der Waals surface area (Å²) in [5, 5.41) is 7.47. The molecule has 2 N–H and O–H groups in total. The summed E-state index contributed by atoms with van der Waals surface area (Å²) in [4.78, 5) is 19.1. The smallest absolute Gasteiger partial charge is 0.271 e. The zero-order valence-corrected chi connectivity index (χ0v) is 12.7. The van der Waals surface area contributed by atoms with Gasteiger partial charge >= 0.3 is 0 Å². The van der Waals surface area contributed by atoms with E-state index in [9.17, 15) is 4.79 Å². The number of carbonyl (C=O) groups excluding carboxylic acids is 1. The zero-order valence-electron chi connectivity index (χ0n) is 12.7. The first-order chi connectivity index (χ1) is 11.8. The summed E-state index contributed by atoms with van der Waals surface area (Å²) in [7, 11) is 0. The molecular formula is C19H14N4O. The molecule has 0 aliphatic carbocycles. The number of hydrazone groups is 1. The van der Waals surface area contributed by atoms with Crippen LogP contribution in [0.5, 0.6) is 0 Å². The Hall–Kier alpha value is -3.47. The second-order valence-electron chi connectivity index (χ2n) is 5.39. The summed E-state index contributed by atoms with van der Waals surface area (Å²) in [6.45, 7) is 0. The highest BCUT2D eigenvalue weighted by Crippen LogP contribution is 2.26. The van der Waals surface area contributed by atoms with E-state index in [0.29, 0.717) is 5.56 Å². The normalized spacial score (nSPS) is 11.3. The van der Waals surface area contributed by atoms with E-state index in [0.717, 1.165) is 21.9 Å². The molecule has 0 fully saturated rings. The number of nitrogens with zero attached hydrogens (tertiary/aromatic N) is 2. The standard InChI is InChI=1S/C19H14N4O/c24-19(14-7-9-20-10-8-14)23-22-12-15-11-21-18-16-4-2-1-3-13(16)5-6-17(15)18/h1-12,21H,(H,23,24)/b22-12+. The molecule has 4 rings (SSSR count). The molecule has 1 amide bonds. The molecule has 0 spiro atoms. The highest BCUT2D eigenvalue weighted by atomic mass is 16.2. The van der Waals surface area contributed by atoms with Crippen molar-refractivity contribution < 1.29 is 4.79 Å². The Labute approximate surface area is 138 Å². The largest absolute Gasteiger partial charge is 0.360 e. The van der Waals surface area contributed by atoms with E-state index in [2.05, 4.69) is 44.8 Å². The van der Waals surface area contributed by atoms with Crippen LogP contribution in [0, 0.1) is 0 Å². The van der Waals surface area contributed by atoms with E-state index in [1.165, 1.54) is 5.39 Å². The van der Waals surface area contributed by atoms with Crippen molar-refractivity contribution in [3.63, 3.8) is 0 Å². The molecule has 0 bridgehead atoms. The van der Waals surface area contributed by atoms with Crippen LogP contribution in [0.2, 0.25) is 0 Å². The van der Waals surface area contributed by atoms with E-state index in [4.69, 9.17) is 0 Å². The Morgan fingerprint density at radius 1 is 1.04 bits per heavy atom. The SMILES string of the molecule is O=C(N/N=C/c1c[nH]c2c1ccc1ccccc12)c1ccncc1. The molecule has 2 aromatic heterocycles. The maximum absolute atomic E-state index is 12.0. The topological polar surface area (TPSA) is 70.1 Å². The lowest BCUT2D eigenvalue weighted by Crippen LogP contribution is -2.17. The summed E-state index contributed by atoms with van der Waals surface area (Å²) in [5.41, 5.74) is 5.04. The summed E-state index contributed by atoms with van der Waals surface area (Å²) >= 11 is 0. The minimum absolute atomic E-state index is 0.265. The number of aromatic nitrogens is 2.